The Bertz CT molecular complexity index is 878. The summed E-state index contributed by atoms with van der Waals surface area (Å²) in [5, 5.41) is 9.50. The largest absolute Gasteiger partial charge is 0.419 e. The van der Waals surface area contributed by atoms with E-state index in [1.807, 2.05) is 18.2 Å². The van der Waals surface area contributed by atoms with Crippen LogP contribution in [0.25, 0.3) is 11.6 Å². The van der Waals surface area contributed by atoms with Gasteiger partial charge >= 0.3 is 0 Å². The molecular formula is C18H17Cl2N5O. The van der Waals surface area contributed by atoms with Gasteiger partial charge in [-0.3, -0.25) is 9.88 Å². The summed E-state index contributed by atoms with van der Waals surface area (Å²) in [5.41, 5.74) is 1.77. The molecule has 0 atom stereocenters. The van der Waals surface area contributed by atoms with Crippen molar-refractivity contribution < 1.29 is 4.42 Å². The predicted molar refractivity (Wildman–Crippen MR) is 99.0 cm³/mol. The van der Waals surface area contributed by atoms with Gasteiger partial charge in [-0.25, -0.2) is 4.98 Å². The Hall–Kier alpha value is -2.02. The Balaban J connectivity index is 1.36. The van der Waals surface area contributed by atoms with Crippen molar-refractivity contribution >= 4 is 23.2 Å². The Labute approximate surface area is 161 Å². The van der Waals surface area contributed by atoms with E-state index in [0.717, 1.165) is 32.5 Å². The van der Waals surface area contributed by atoms with Crippen molar-refractivity contribution in [2.24, 2.45) is 0 Å². The Morgan fingerprint density at radius 1 is 1.08 bits per heavy atom. The van der Waals surface area contributed by atoms with Gasteiger partial charge in [0.25, 0.3) is 5.89 Å². The Morgan fingerprint density at radius 3 is 2.65 bits per heavy atom. The first-order valence-electron chi connectivity index (χ1n) is 8.45. The number of rotatable bonds is 4. The van der Waals surface area contributed by atoms with Crippen LogP contribution >= 0.6 is 23.2 Å². The number of hydrogen-bond donors (Lipinski definition) is 0. The van der Waals surface area contributed by atoms with Gasteiger partial charge in [-0.2, -0.15) is 0 Å². The van der Waals surface area contributed by atoms with Gasteiger partial charge in [0.2, 0.25) is 5.89 Å². The number of benzene rings is 1. The first-order valence-corrected chi connectivity index (χ1v) is 9.21. The molecule has 1 aliphatic rings. The maximum absolute atomic E-state index is 6.10. The van der Waals surface area contributed by atoms with Crippen molar-refractivity contribution in [1.82, 2.24) is 25.1 Å². The van der Waals surface area contributed by atoms with E-state index in [9.17, 15) is 0 Å². The summed E-state index contributed by atoms with van der Waals surface area (Å²) in [7, 11) is 0. The van der Waals surface area contributed by atoms with Crippen LogP contribution in [0.2, 0.25) is 10.0 Å². The van der Waals surface area contributed by atoms with Crippen LogP contribution in [0.1, 0.15) is 30.2 Å². The minimum atomic E-state index is 0.276. The molecule has 3 aromatic rings. The van der Waals surface area contributed by atoms with Gasteiger partial charge in [0.15, 0.2) is 0 Å². The topological polar surface area (TPSA) is 67.9 Å². The van der Waals surface area contributed by atoms with Gasteiger partial charge in [0.05, 0.1) is 16.2 Å². The predicted octanol–water partition coefficient (Wildman–Crippen LogP) is 4.21. The number of nitrogens with zero attached hydrogens (tertiary/aromatic N) is 5. The van der Waals surface area contributed by atoms with E-state index in [-0.39, 0.29) is 5.92 Å². The normalized spacial score (nSPS) is 16.1. The summed E-state index contributed by atoms with van der Waals surface area (Å²) < 4.78 is 5.82. The Kier molecular flexibility index (Phi) is 5.15. The van der Waals surface area contributed by atoms with Crippen LogP contribution in [0.5, 0.6) is 0 Å². The monoisotopic (exact) mass is 389 g/mol. The molecule has 0 radical (unpaired) electrons. The van der Waals surface area contributed by atoms with Gasteiger partial charge in [-0.1, -0.05) is 29.3 Å². The third kappa shape index (κ3) is 3.87. The molecule has 2 aromatic heterocycles. The molecule has 0 unspecified atom stereocenters. The lowest BCUT2D eigenvalue weighted by molar-refractivity contribution is 0.193. The average molecular weight is 390 g/mol. The minimum absolute atomic E-state index is 0.276. The lowest BCUT2D eigenvalue weighted by Gasteiger charge is -2.30. The van der Waals surface area contributed by atoms with Crippen LogP contribution in [-0.2, 0) is 6.54 Å². The molecule has 1 aliphatic heterocycles. The summed E-state index contributed by atoms with van der Waals surface area (Å²) in [6.45, 7) is 2.79. The van der Waals surface area contributed by atoms with Crippen molar-refractivity contribution in [1.29, 1.82) is 0 Å². The number of halogens is 2. The number of piperidine rings is 1. The molecule has 8 heteroatoms. The maximum Gasteiger partial charge on any atom is 0.267 e. The van der Waals surface area contributed by atoms with E-state index in [4.69, 9.17) is 27.6 Å². The molecule has 1 aromatic carbocycles. The van der Waals surface area contributed by atoms with Crippen LogP contribution in [0.4, 0.5) is 0 Å². The molecule has 0 N–H and O–H groups in total. The molecule has 4 rings (SSSR count). The zero-order valence-electron chi connectivity index (χ0n) is 14.0. The lowest BCUT2D eigenvalue weighted by Crippen LogP contribution is -2.32. The summed E-state index contributed by atoms with van der Waals surface area (Å²) in [6.07, 6.45) is 6.80. The number of aromatic nitrogens is 4. The SMILES string of the molecule is Clc1ccc(CN2CCC(c3nnc(-c4cnccn4)o3)CC2)cc1Cl. The summed E-state index contributed by atoms with van der Waals surface area (Å²) >= 11 is 12.1. The van der Waals surface area contributed by atoms with Crippen molar-refractivity contribution in [2.45, 2.75) is 25.3 Å². The van der Waals surface area contributed by atoms with E-state index in [1.54, 1.807) is 18.6 Å². The molecule has 26 heavy (non-hydrogen) atoms. The zero-order valence-corrected chi connectivity index (χ0v) is 15.5. The average Bonchev–Trinajstić information content (AvgIpc) is 3.16. The van der Waals surface area contributed by atoms with E-state index in [1.165, 1.54) is 5.56 Å². The van der Waals surface area contributed by atoms with Gasteiger partial charge in [-0.15, -0.1) is 10.2 Å². The van der Waals surface area contributed by atoms with Gasteiger partial charge in [0.1, 0.15) is 5.69 Å². The fourth-order valence-corrected chi connectivity index (χ4v) is 3.47. The highest BCUT2D eigenvalue weighted by Crippen LogP contribution is 2.30. The van der Waals surface area contributed by atoms with Gasteiger partial charge in [0, 0.05) is 24.9 Å². The minimum Gasteiger partial charge on any atom is -0.419 e. The number of likely N-dealkylation sites (tertiary alicyclic amines) is 1. The van der Waals surface area contributed by atoms with Crippen LogP contribution in [0.15, 0.2) is 41.2 Å². The maximum atomic E-state index is 6.10. The second-order valence-electron chi connectivity index (χ2n) is 6.33. The summed E-state index contributed by atoms with van der Waals surface area (Å²) in [4.78, 5) is 10.6. The van der Waals surface area contributed by atoms with E-state index < -0.39 is 0 Å². The third-order valence-electron chi connectivity index (χ3n) is 4.55. The van der Waals surface area contributed by atoms with Gasteiger partial charge in [-0.05, 0) is 43.6 Å². The highest BCUT2D eigenvalue weighted by molar-refractivity contribution is 6.42. The van der Waals surface area contributed by atoms with Crippen LogP contribution in [0.3, 0.4) is 0 Å². The molecule has 1 saturated heterocycles. The highest BCUT2D eigenvalue weighted by atomic mass is 35.5. The third-order valence-corrected chi connectivity index (χ3v) is 5.29. The van der Waals surface area contributed by atoms with Crippen molar-refractivity contribution in [3.05, 3.63) is 58.3 Å². The summed E-state index contributed by atoms with van der Waals surface area (Å²) in [6, 6.07) is 5.80. The first kappa shape index (κ1) is 17.4. The van der Waals surface area contributed by atoms with Crippen LogP contribution in [-0.4, -0.2) is 38.2 Å². The van der Waals surface area contributed by atoms with Gasteiger partial charge < -0.3 is 4.42 Å². The molecule has 0 saturated carbocycles. The zero-order chi connectivity index (χ0) is 17.9. The number of hydrogen-bond acceptors (Lipinski definition) is 6. The highest BCUT2D eigenvalue weighted by Gasteiger charge is 2.25. The van der Waals surface area contributed by atoms with E-state index in [0.29, 0.717) is 27.5 Å². The molecule has 134 valence electrons. The van der Waals surface area contributed by atoms with Crippen LogP contribution in [0, 0.1) is 0 Å². The second-order valence-corrected chi connectivity index (χ2v) is 7.15. The molecule has 0 bridgehead atoms. The summed E-state index contributed by atoms with van der Waals surface area (Å²) in [5.74, 6) is 1.38. The van der Waals surface area contributed by atoms with E-state index >= 15 is 0 Å². The first-order chi connectivity index (χ1) is 12.7. The standard InChI is InChI=1S/C18H17Cl2N5O/c19-14-2-1-12(9-15(14)20)11-25-7-3-13(4-8-25)17-23-24-18(26-17)16-10-21-5-6-22-16/h1-2,5-6,9-10,13H,3-4,7-8,11H2. The fourth-order valence-electron chi connectivity index (χ4n) is 3.15. The molecule has 0 aliphatic carbocycles. The molecule has 0 spiro atoms. The van der Waals surface area contributed by atoms with Crippen molar-refractivity contribution in [2.75, 3.05) is 13.1 Å². The molecule has 3 heterocycles. The molecule has 1 fully saturated rings. The Morgan fingerprint density at radius 2 is 1.92 bits per heavy atom. The van der Waals surface area contributed by atoms with Crippen molar-refractivity contribution in [3.8, 4) is 11.6 Å². The van der Waals surface area contributed by atoms with Crippen molar-refractivity contribution in [3.63, 3.8) is 0 Å². The second kappa shape index (κ2) is 7.70. The molecule has 0 amide bonds. The molecule has 6 nitrogen and oxygen atoms in total. The van der Waals surface area contributed by atoms with E-state index in [2.05, 4.69) is 25.1 Å². The quantitative estimate of drug-likeness (QED) is 0.665. The van der Waals surface area contributed by atoms with Crippen LogP contribution < -0.4 is 0 Å². The lowest BCUT2D eigenvalue weighted by atomic mass is 9.96. The fraction of sp³-hybridized carbons (Fsp3) is 0.333. The molecular weight excluding hydrogens is 373 g/mol. The smallest absolute Gasteiger partial charge is 0.267 e.